The Labute approximate surface area is 288 Å². The Morgan fingerprint density at radius 3 is 2.77 bits per heavy atom. The number of allylic oxidation sites excluding steroid dienone is 1. The second-order valence-corrected chi connectivity index (χ2v) is 16.1. The van der Waals surface area contributed by atoms with Gasteiger partial charge in [0, 0.05) is 41.5 Å². The van der Waals surface area contributed by atoms with Crippen LogP contribution in [0.1, 0.15) is 79.2 Å². The summed E-state index contributed by atoms with van der Waals surface area (Å²) in [5.74, 6) is 1.31. The summed E-state index contributed by atoms with van der Waals surface area (Å²) in [6.07, 6.45) is 13.8. The number of anilines is 1. The number of rotatable bonds is 4. The van der Waals surface area contributed by atoms with Gasteiger partial charge in [0.05, 0.1) is 23.6 Å². The SMILES string of the molecule is CC[C@@H]1CC/C=C/[C@H](OCc2ncccn2)[C@@H]2CC[C@H]2CN2C[C@@]3(CCCc4cc(Cl)ccc43)COc3ccc(cc32)C(=O)NS1(=O)=O. The van der Waals surface area contributed by atoms with Crippen LogP contribution >= 0.6 is 11.6 Å². The zero-order valence-electron chi connectivity index (χ0n) is 27.3. The van der Waals surface area contributed by atoms with E-state index in [2.05, 4.69) is 37.8 Å². The molecule has 48 heavy (non-hydrogen) atoms. The molecule has 1 aromatic heterocycles. The van der Waals surface area contributed by atoms with Gasteiger partial charge in [-0.05, 0) is 111 Å². The van der Waals surface area contributed by atoms with E-state index in [1.807, 2.05) is 31.2 Å². The summed E-state index contributed by atoms with van der Waals surface area (Å²) >= 11 is 6.45. The van der Waals surface area contributed by atoms with Gasteiger partial charge < -0.3 is 14.4 Å². The molecule has 1 saturated carbocycles. The third-order valence-corrected chi connectivity index (χ3v) is 12.9. The van der Waals surface area contributed by atoms with Crippen LogP contribution in [0.4, 0.5) is 5.69 Å². The molecule has 0 radical (unpaired) electrons. The molecule has 0 saturated heterocycles. The first-order valence-corrected chi connectivity index (χ1v) is 19.1. The molecule has 2 aliphatic carbocycles. The topological polar surface area (TPSA) is 111 Å². The molecule has 1 N–H and O–H groups in total. The fourth-order valence-electron chi connectivity index (χ4n) is 8.05. The van der Waals surface area contributed by atoms with Crippen molar-refractivity contribution in [2.45, 2.75) is 81.7 Å². The number of fused-ring (bicyclic) bond motifs is 4. The molecule has 254 valence electrons. The van der Waals surface area contributed by atoms with Gasteiger partial charge in [0.15, 0.2) is 5.82 Å². The first-order valence-electron chi connectivity index (χ1n) is 17.2. The number of aryl methyl sites for hydroxylation is 1. The molecule has 7 rings (SSSR count). The summed E-state index contributed by atoms with van der Waals surface area (Å²) in [7, 11) is -3.90. The lowest BCUT2D eigenvalue weighted by atomic mass is 9.68. The maximum absolute atomic E-state index is 13.5. The zero-order valence-corrected chi connectivity index (χ0v) is 28.9. The van der Waals surface area contributed by atoms with Gasteiger partial charge >= 0.3 is 0 Å². The van der Waals surface area contributed by atoms with Crippen LogP contribution in [-0.4, -0.2) is 55.3 Å². The van der Waals surface area contributed by atoms with E-state index in [0.29, 0.717) is 62.1 Å². The lowest BCUT2D eigenvalue weighted by molar-refractivity contribution is -0.0249. The summed E-state index contributed by atoms with van der Waals surface area (Å²) in [6, 6.07) is 13.3. The molecule has 0 unspecified atom stereocenters. The van der Waals surface area contributed by atoms with Crippen LogP contribution in [0.25, 0.3) is 0 Å². The Kier molecular flexibility index (Phi) is 9.50. The van der Waals surface area contributed by atoms with Crippen LogP contribution in [0.15, 0.2) is 67.0 Å². The van der Waals surface area contributed by atoms with Gasteiger partial charge in [-0.2, -0.15) is 0 Å². The van der Waals surface area contributed by atoms with E-state index in [1.54, 1.807) is 24.5 Å². The Morgan fingerprint density at radius 1 is 1.12 bits per heavy atom. The fourth-order valence-corrected chi connectivity index (χ4v) is 9.67. The van der Waals surface area contributed by atoms with Crippen LogP contribution in [0.2, 0.25) is 5.02 Å². The maximum Gasteiger partial charge on any atom is 0.264 e. The molecule has 4 aliphatic rings. The van der Waals surface area contributed by atoms with E-state index in [1.165, 1.54) is 11.1 Å². The Bertz CT molecular complexity index is 1790. The van der Waals surface area contributed by atoms with Gasteiger partial charge in [-0.1, -0.05) is 36.7 Å². The highest BCUT2D eigenvalue weighted by atomic mass is 35.5. The first kappa shape index (κ1) is 33.0. The number of benzene rings is 2. The predicted octanol–water partition coefficient (Wildman–Crippen LogP) is 6.40. The highest BCUT2D eigenvalue weighted by Crippen LogP contribution is 2.47. The lowest BCUT2D eigenvalue weighted by Crippen LogP contribution is -2.49. The standard InChI is InChI=1S/C37H43ClN4O5S/c1-2-29-8-3-4-9-33(46-22-35-39-17-6-18-40-35)30-13-10-27(30)21-42-23-37(16-5-7-25-19-28(38)12-14-31(25)37)24-47-34-15-11-26(20-32(34)42)36(43)41-48(29,44)45/h4,6,9,11-12,14-15,17-20,27,29-30,33H,2-3,5,7-8,10,13,16,21-24H2,1H3,(H,41,43)/b9-4+/t27-,29+,30+,33-,37-/m0/s1. The number of nitrogens with one attached hydrogen (secondary N) is 1. The molecule has 3 heterocycles. The van der Waals surface area contributed by atoms with E-state index in [-0.39, 0.29) is 17.4 Å². The number of halogens is 1. The number of hydrogen-bond donors (Lipinski definition) is 1. The van der Waals surface area contributed by atoms with Crippen molar-refractivity contribution < 1.29 is 22.7 Å². The zero-order chi connectivity index (χ0) is 33.3. The monoisotopic (exact) mass is 690 g/mol. The fraction of sp³-hybridized carbons (Fsp3) is 0.486. The van der Waals surface area contributed by atoms with Crippen LogP contribution in [0.5, 0.6) is 5.75 Å². The van der Waals surface area contributed by atoms with Gasteiger partial charge in [0.25, 0.3) is 5.91 Å². The van der Waals surface area contributed by atoms with Gasteiger partial charge in [-0.3, -0.25) is 4.79 Å². The van der Waals surface area contributed by atoms with Crippen LogP contribution in [0, 0.1) is 11.8 Å². The lowest BCUT2D eigenvalue weighted by Gasteiger charge is -2.46. The summed E-state index contributed by atoms with van der Waals surface area (Å²) in [5.41, 5.74) is 3.38. The Morgan fingerprint density at radius 2 is 1.98 bits per heavy atom. The van der Waals surface area contributed by atoms with E-state index in [4.69, 9.17) is 21.1 Å². The van der Waals surface area contributed by atoms with E-state index in [0.717, 1.165) is 49.4 Å². The quantitative estimate of drug-likeness (QED) is 0.313. The van der Waals surface area contributed by atoms with Crippen molar-refractivity contribution in [3.8, 4) is 5.75 Å². The minimum absolute atomic E-state index is 0.169. The Hall–Kier alpha value is -3.47. The van der Waals surface area contributed by atoms with E-state index < -0.39 is 21.2 Å². The van der Waals surface area contributed by atoms with Crippen molar-refractivity contribution >= 4 is 33.2 Å². The normalized spacial score (nSPS) is 29.0. The molecule has 9 nitrogen and oxygen atoms in total. The number of ether oxygens (including phenoxy) is 2. The molecular formula is C37H43ClN4O5S. The van der Waals surface area contributed by atoms with Gasteiger partial charge in [0.1, 0.15) is 12.4 Å². The van der Waals surface area contributed by atoms with Gasteiger partial charge in [-0.25, -0.2) is 23.1 Å². The molecule has 2 aromatic carbocycles. The molecule has 3 aromatic rings. The van der Waals surface area contributed by atoms with Crippen LogP contribution in [0.3, 0.4) is 0 Å². The number of nitrogens with zero attached hydrogens (tertiary/aromatic N) is 3. The summed E-state index contributed by atoms with van der Waals surface area (Å²) < 4.78 is 42.3. The Balaban J connectivity index is 1.27. The first-order chi connectivity index (χ1) is 23.2. The number of hydrogen-bond acceptors (Lipinski definition) is 8. The maximum atomic E-state index is 13.5. The highest BCUT2D eigenvalue weighted by molar-refractivity contribution is 7.90. The molecular weight excluding hydrogens is 648 g/mol. The number of carbonyl (C=O) groups excluding carboxylic acids is 1. The molecule has 1 fully saturated rings. The van der Waals surface area contributed by atoms with Crippen molar-refractivity contribution in [3.63, 3.8) is 0 Å². The molecule has 5 atom stereocenters. The van der Waals surface area contributed by atoms with Crippen molar-refractivity contribution in [3.05, 3.63) is 94.5 Å². The van der Waals surface area contributed by atoms with E-state index in [9.17, 15) is 13.2 Å². The molecule has 2 aliphatic heterocycles. The number of aromatic nitrogens is 2. The second kappa shape index (κ2) is 13.8. The van der Waals surface area contributed by atoms with Gasteiger partial charge in [0.2, 0.25) is 10.0 Å². The van der Waals surface area contributed by atoms with E-state index >= 15 is 0 Å². The summed E-state index contributed by atoms with van der Waals surface area (Å²) in [5, 5.41) is 0.0369. The minimum atomic E-state index is -3.90. The third kappa shape index (κ3) is 6.71. The summed E-state index contributed by atoms with van der Waals surface area (Å²) in [4.78, 5) is 24.6. The van der Waals surface area contributed by atoms with Crippen LogP contribution in [-0.2, 0) is 33.2 Å². The average Bonchev–Trinajstić information content (AvgIpc) is 3.21. The molecule has 1 amide bonds. The third-order valence-electron chi connectivity index (χ3n) is 10.8. The number of sulfonamides is 1. The van der Waals surface area contributed by atoms with Crippen molar-refractivity contribution in [1.29, 1.82) is 0 Å². The highest BCUT2D eigenvalue weighted by Gasteiger charge is 2.44. The smallest absolute Gasteiger partial charge is 0.264 e. The van der Waals surface area contributed by atoms with Crippen molar-refractivity contribution in [1.82, 2.24) is 14.7 Å². The molecule has 11 heteroatoms. The molecule has 2 bridgehead atoms. The number of amides is 1. The van der Waals surface area contributed by atoms with Crippen molar-refractivity contribution in [2.75, 3.05) is 24.6 Å². The average molecular weight is 691 g/mol. The largest absolute Gasteiger partial charge is 0.490 e. The summed E-state index contributed by atoms with van der Waals surface area (Å²) in [6.45, 7) is 4.10. The minimum Gasteiger partial charge on any atom is -0.490 e. The predicted molar refractivity (Wildman–Crippen MR) is 186 cm³/mol. The number of carbonyl (C=O) groups is 1. The van der Waals surface area contributed by atoms with Gasteiger partial charge in [-0.15, -0.1) is 0 Å². The van der Waals surface area contributed by atoms with Crippen LogP contribution < -0.4 is 14.4 Å². The molecule has 1 spiro atoms. The van der Waals surface area contributed by atoms with Crippen molar-refractivity contribution in [2.24, 2.45) is 11.8 Å². The second-order valence-electron chi connectivity index (χ2n) is 13.7.